The van der Waals surface area contributed by atoms with Gasteiger partial charge in [-0.3, -0.25) is 4.90 Å². The fourth-order valence-corrected chi connectivity index (χ4v) is 1.88. The molecule has 0 bridgehead atoms. The van der Waals surface area contributed by atoms with Crippen molar-refractivity contribution in [3.8, 4) is 0 Å². The van der Waals surface area contributed by atoms with E-state index in [1.54, 1.807) is 0 Å². The molecule has 0 aromatic rings. The highest BCUT2D eigenvalue weighted by Crippen LogP contribution is 1.96. The van der Waals surface area contributed by atoms with E-state index in [1.165, 1.54) is 0 Å². The fraction of sp³-hybridized carbons (Fsp3) is 0.917. The summed E-state index contributed by atoms with van der Waals surface area (Å²) in [7, 11) is 0. The molecular formula is C12H25N3O2. The van der Waals surface area contributed by atoms with Gasteiger partial charge in [0.05, 0.1) is 13.2 Å². The summed E-state index contributed by atoms with van der Waals surface area (Å²) in [6.45, 7) is 9.32. The van der Waals surface area contributed by atoms with Crippen LogP contribution in [0.2, 0.25) is 0 Å². The van der Waals surface area contributed by atoms with Gasteiger partial charge in [0.2, 0.25) is 0 Å². The van der Waals surface area contributed by atoms with Crippen LogP contribution in [-0.4, -0.2) is 56.4 Å². The van der Waals surface area contributed by atoms with Crippen LogP contribution in [0.5, 0.6) is 0 Å². The summed E-state index contributed by atoms with van der Waals surface area (Å²) in [5, 5.41) is 5.86. The largest absolute Gasteiger partial charge is 0.379 e. The monoisotopic (exact) mass is 243 g/mol. The number of ether oxygens (including phenoxy) is 1. The minimum atomic E-state index is -0.0491. The van der Waals surface area contributed by atoms with Crippen LogP contribution in [0.1, 0.15) is 26.7 Å². The van der Waals surface area contributed by atoms with Gasteiger partial charge in [-0.15, -0.1) is 0 Å². The SMILES string of the molecule is CCC(CC)NC(=O)NCCN1CCOCC1. The van der Waals surface area contributed by atoms with Crippen LogP contribution < -0.4 is 10.6 Å². The average Bonchev–Trinajstić information content (AvgIpc) is 2.37. The second-order valence-electron chi connectivity index (χ2n) is 4.37. The van der Waals surface area contributed by atoms with Crippen molar-refractivity contribution < 1.29 is 9.53 Å². The Morgan fingerprint density at radius 1 is 1.29 bits per heavy atom. The van der Waals surface area contributed by atoms with Gasteiger partial charge in [-0.1, -0.05) is 13.8 Å². The number of carbonyl (C=O) groups excluding carboxylic acids is 1. The molecule has 0 radical (unpaired) electrons. The minimum absolute atomic E-state index is 0.0491. The molecule has 1 aliphatic rings. The molecule has 0 aromatic heterocycles. The molecule has 0 spiro atoms. The van der Waals surface area contributed by atoms with Crippen molar-refractivity contribution in [3.05, 3.63) is 0 Å². The molecule has 0 unspecified atom stereocenters. The standard InChI is InChI=1S/C12H25N3O2/c1-3-11(4-2)14-12(16)13-5-6-15-7-9-17-10-8-15/h11H,3-10H2,1-2H3,(H2,13,14,16). The third-order valence-electron chi connectivity index (χ3n) is 3.14. The fourth-order valence-electron chi connectivity index (χ4n) is 1.88. The molecule has 0 aromatic carbocycles. The maximum atomic E-state index is 11.5. The first kappa shape index (κ1) is 14.3. The lowest BCUT2D eigenvalue weighted by Crippen LogP contribution is -2.46. The van der Waals surface area contributed by atoms with Crippen molar-refractivity contribution in [2.75, 3.05) is 39.4 Å². The normalized spacial score (nSPS) is 17.1. The molecule has 17 heavy (non-hydrogen) atoms. The maximum Gasteiger partial charge on any atom is 0.315 e. The summed E-state index contributed by atoms with van der Waals surface area (Å²) < 4.78 is 5.27. The number of carbonyl (C=O) groups is 1. The van der Waals surface area contributed by atoms with E-state index in [9.17, 15) is 4.79 Å². The Kier molecular flexibility index (Phi) is 6.96. The number of nitrogens with one attached hydrogen (secondary N) is 2. The van der Waals surface area contributed by atoms with E-state index < -0.39 is 0 Å². The number of rotatable bonds is 6. The van der Waals surface area contributed by atoms with Gasteiger partial charge in [-0.25, -0.2) is 4.79 Å². The smallest absolute Gasteiger partial charge is 0.315 e. The van der Waals surface area contributed by atoms with Crippen LogP contribution in [0.4, 0.5) is 4.79 Å². The zero-order valence-corrected chi connectivity index (χ0v) is 11.0. The highest BCUT2D eigenvalue weighted by atomic mass is 16.5. The maximum absolute atomic E-state index is 11.5. The third-order valence-corrected chi connectivity index (χ3v) is 3.14. The van der Waals surface area contributed by atoms with E-state index in [-0.39, 0.29) is 6.03 Å². The summed E-state index contributed by atoms with van der Waals surface area (Å²) >= 11 is 0. The van der Waals surface area contributed by atoms with Gasteiger partial charge in [0.15, 0.2) is 0 Å². The van der Waals surface area contributed by atoms with Crippen molar-refractivity contribution >= 4 is 6.03 Å². The number of nitrogens with zero attached hydrogens (tertiary/aromatic N) is 1. The van der Waals surface area contributed by atoms with Crippen LogP contribution in [0.25, 0.3) is 0 Å². The van der Waals surface area contributed by atoms with Gasteiger partial charge in [0.25, 0.3) is 0 Å². The highest BCUT2D eigenvalue weighted by Gasteiger charge is 2.11. The van der Waals surface area contributed by atoms with Crippen molar-refractivity contribution in [2.24, 2.45) is 0 Å². The van der Waals surface area contributed by atoms with Gasteiger partial charge in [-0.05, 0) is 12.8 Å². The van der Waals surface area contributed by atoms with Gasteiger partial charge >= 0.3 is 6.03 Å². The first-order valence-electron chi connectivity index (χ1n) is 6.60. The molecule has 2 amide bonds. The predicted octanol–water partition coefficient (Wildman–Crippen LogP) is 0.806. The lowest BCUT2D eigenvalue weighted by molar-refractivity contribution is 0.0387. The second-order valence-corrected chi connectivity index (χ2v) is 4.37. The van der Waals surface area contributed by atoms with E-state index in [2.05, 4.69) is 29.4 Å². The molecule has 2 N–H and O–H groups in total. The molecular weight excluding hydrogens is 218 g/mol. The molecule has 100 valence electrons. The first-order valence-corrected chi connectivity index (χ1v) is 6.60. The van der Waals surface area contributed by atoms with Gasteiger partial charge in [0.1, 0.15) is 0 Å². The molecule has 1 saturated heterocycles. The molecule has 5 nitrogen and oxygen atoms in total. The number of hydrogen-bond donors (Lipinski definition) is 2. The lowest BCUT2D eigenvalue weighted by atomic mass is 10.2. The zero-order valence-electron chi connectivity index (χ0n) is 11.0. The molecule has 0 saturated carbocycles. The van der Waals surface area contributed by atoms with E-state index >= 15 is 0 Å². The zero-order chi connectivity index (χ0) is 12.5. The first-order chi connectivity index (χ1) is 8.26. The number of hydrogen-bond acceptors (Lipinski definition) is 3. The summed E-state index contributed by atoms with van der Waals surface area (Å²) in [6, 6.07) is 0.241. The topological polar surface area (TPSA) is 53.6 Å². The van der Waals surface area contributed by atoms with Gasteiger partial charge < -0.3 is 15.4 Å². The number of amides is 2. The van der Waals surface area contributed by atoms with E-state index in [0.29, 0.717) is 12.6 Å². The Balaban J connectivity index is 2.06. The molecule has 1 heterocycles. The lowest BCUT2D eigenvalue weighted by Gasteiger charge is -2.26. The Hall–Kier alpha value is -0.810. The highest BCUT2D eigenvalue weighted by molar-refractivity contribution is 5.74. The van der Waals surface area contributed by atoms with Crippen LogP contribution in [0.15, 0.2) is 0 Å². The Morgan fingerprint density at radius 2 is 1.94 bits per heavy atom. The summed E-state index contributed by atoms with van der Waals surface area (Å²) in [5.74, 6) is 0. The van der Waals surface area contributed by atoms with Gasteiger partial charge in [-0.2, -0.15) is 0 Å². The Labute approximate surface area is 104 Å². The predicted molar refractivity (Wildman–Crippen MR) is 68.2 cm³/mol. The van der Waals surface area contributed by atoms with Crippen LogP contribution in [0.3, 0.4) is 0 Å². The molecule has 0 atom stereocenters. The molecule has 1 rings (SSSR count). The van der Waals surface area contributed by atoms with Crippen LogP contribution in [-0.2, 0) is 4.74 Å². The van der Waals surface area contributed by atoms with Crippen molar-refractivity contribution in [2.45, 2.75) is 32.7 Å². The Morgan fingerprint density at radius 3 is 2.53 bits per heavy atom. The Bertz CT molecular complexity index is 214. The van der Waals surface area contributed by atoms with Crippen molar-refractivity contribution in [1.82, 2.24) is 15.5 Å². The molecule has 5 heteroatoms. The van der Waals surface area contributed by atoms with Crippen LogP contribution in [0, 0.1) is 0 Å². The number of morpholine rings is 1. The molecule has 1 aliphatic heterocycles. The number of urea groups is 1. The van der Waals surface area contributed by atoms with Crippen LogP contribution >= 0.6 is 0 Å². The van der Waals surface area contributed by atoms with Crippen molar-refractivity contribution in [3.63, 3.8) is 0 Å². The van der Waals surface area contributed by atoms with E-state index in [4.69, 9.17) is 4.74 Å². The van der Waals surface area contributed by atoms with E-state index in [0.717, 1.165) is 45.7 Å². The summed E-state index contributed by atoms with van der Waals surface area (Å²) in [4.78, 5) is 13.9. The summed E-state index contributed by atoms with van der Waals surface area (Å²) in [5.41, 5.74) is 0. The van der Waals surface area contributed by atoms with E-state index in [1.807, 2.05) is 0 Å². The third kappa shape index (κ3) is 5.89. The van der Waals surface area contributed by atoms with Crippen molar-refractivity contribution in [1.29, 1.82) is 0 Å². The quantitative estimate of drug-likeness (QED) is 0.726. The average molecular weight is 243 g/mol. The molecule has 0 aliphatic carbocycles. The minimum Gasteiger partial charge on any atom is -0.379 e. The summed E-state index contributed by atoms with van der Waals surface area (Å²) in [6.07, 6.45) is 1.96. The molecule has 1 fully saturated rings. The van der Waals surface area contributed by atoms with Gasteiger partial charge in [0, 0.05) is 32.2 Å². The second kappa shape index (κ2) is 8.31.